The minimum atomic E-state index is -0.0577. The molecule has 1 amide bonds. The summed E-state index contributed by atoms with van der Waals surface area (Å²) < 4.78 is 16.8. The molecule has 1 saturated carbocycles. The zero-order valence-electron chi connectivity index (χ0n) is 11.4. The van der Waals surface area contributed by atoms with Gasteiger partial charge in [0.1, 0.15) is 6.10 Å². The number of hydrogen-bond acceptors (Lipinski definition) is 4. The lowest BCUT2D eigenvalue weighted by atomic mass is 10.1. The molecule has 5 heteroatoms. The van der Waals surface area contributed by atoms with E-state index >= 15 is 0 Å². The Balaban J connectivity index is 1.71. The Labute approximate surface area is 118 Å². The SMILES string of the molecule is C=CCO[C@@H]1CC[C@H]2[C@H]1OCCN2C(=O)c1ccco1. The molecule has 1 aromatic rings. The molecule has 0 bridgehead atoms. The van der Waals surface area contributed by atoms with Gasteiger partial charge in [-0.05, 0) is 25.0 Å². The van der Waals surface area contributed by atoms with E-state index in [0.29, 0.717) is 25.5 Å². The fraction of sp³-hybridized carbons (Fsp3) is 0.533. The van der Waals surface area contributed by atoms with Crippen molar-refractivity contribution >= 4 is 5.91 Å². The molecule has 3 rings (SSSR count). The van der Waals surface area contributed by atoms with Gasteiger partial charge in [0.2, 0.25) is 0 Å². The van der Waals surface area contributed by atoms with Crippen molar-refractivity contribution in [2.75, 3.05) is 19.8 Å². The van der Waals surface area contributed by atoms with E-state index in [1.807, 2.05) is 4.90 Å². The van der Waals surface area contributed by atoms with Crippen molar-refractivity contribution < 1.29 is 18.7 Å². The van der Waals surface area contributed by atoms with E-state index in [1.165, 1.54) is 6.26 Å². The molecule has 2 fully saturated rings. The summed E-state index contributed by atoms with van der Waals surface area (Å²) in [7, 11) is 0. The number of carbonyl (C=O) groups excluding carboxylic acids is 1. The molecular formula is C15H19NO4. The highest BCUT2D eigenvalue weighted by Crippen LogP contribution is 2.33. The van der Waals surface area contributed by atoms with Crippen LogP contribution in [0, 0.1) is 0 Å². The third-order valence-electron chi connectivity index (χ3n) is 3.96. The van der Waals surface area contributed by atoms with Crippen molar-refractivity contribution in [3.05, 3.63) is 36.8 Å². The third-order valence-corrected chi connectivity index (χ3v) is 3.96. The summed E-state index contributed by atoms with van der Waals surface area (Å²) >= 11 is 0. The number of ether oxygens (including phenoxy) is 2. The molecule has 1 saturated heterocycles. The lowest BCUT2D eigenvalue weighted by Gasteiger charge is -2.38. The van der Waals surface area contributed by atoms with Crippen molar-refractivity contribution in [2.24, 2.45) is 0 Å². The quantitative estimate of drug-likeness (QED) is 0.788. The van der Waals surface area contributed by atoms with Crippen LogP contribution in [0.15, 0.2) is 35.5 Å². The second-order valence-electron chi connectivity index (χ2n) is 5.12. The normalized spacial score (nSPS) is 29.2. The first-order valence-electron chi connectivity index (χ1n) is 7.00. The predicted octanol–water partition coefficient (Wildman–Crippen LogP) is 1.85. The van der Waals surface area contributed by atoms with Gasteiger partial charge < -0.3 is 18.8 Å². The standard InChI is InChI=1S/C15H19NO4/c1-2-8-18-12-6-5-11-14(12)20-10-7-16(11)15(17)13-4-3-9-19-13/h2-4,9,11-12,14H,1,5-8,10H2/t11-,12+,14+/m0/s1. The van der Waals surface area contributed by atoms with Gasteiger partial charge in [-0.2, -0.15) is 0 Å². The smallest absolute Gasteiger partial charge is 0.289 e. The highest BCUT2D eigenvalue weighted by Gasteiger charge is 2.45. The Hall–Kier alpha value is -1.59. The molecule has 5 nitrogen and oxygen atoms in total. The molecule has 1 aliphatic heterocycles. The van der Waals surface area contributed by atoms with Gasteiger partial charge in [-0.1, -0.05) is 6.08 Å². The number of nitrogens with zero attached hydrogens (tertiary/aromatic N) is 1. The Morgan fingerprint density at radius 1 is 1.55 bits per heavy atom. The molecule has 20 heavy (non-hydrogen) atoms. The fourth-order valence-electron chi connectivity index (χ4n) is 3.08. The van der Waals surface area contributed by atoms with E-state index in [1.54, 1.807) is 18.2 Å². The van der Waals surface area contributed by atoms with E-state index in [0.717, 1.165) is 12.8 Å². The van der Waals surface area contributed by atoms with E-state index in [2.05, 4.69) is 6.58 Å². The summed E-state index contributed by atoms with van der Waals surface area (Å²) in [6, 6.07) is 3.51. The first kappa shape index (κ1) is 13.4. The lowest BCUT2D eigenvalue weighted by Crippen LogP contribution is -2.53. The zero-order chi connectivity index (χ0) is 13.9. The number of morpholine rings is 1. The molecule has 3 atom stereocenters. The molecule has 1 aliphatic carbocycles. The van der Waals surface area contributed by atoms with Crippen molar-refractivity contribution in [1.29, 1.82) is 0 Å². The van der Waals surface area contributed by atoms with Gasteiger partial charge in [0.15, 0.2) is 5.76 Å². The first-order chi connectivity index (χ1) is 9.81. The van der Waals surface area contributed by atoms with Gasteiger partial charge in [0.25, 0.3) is 5.91 Å². The van der Waals surface area contributed by atoms with Gasteiger partial charge in [-0.25, -0.2) is 0 Å². The van der Waals surface area contributed by atoms with Crippen molar-refractivity contribution in [3.8, 4) is 0 Å². The molecule has 1 aromatic heterocycles. The van der Waals surface area contributed by atoms with Crippen LogP contribution in [0.5, 0.6) is 0 Å². The molecule has 0 radical (unpaired) electrons. The summed E-state index contributed by atoms with van der Waals surface area (Å²) in [5, 5.41) is 0. The van der Waals surface area contributed by atoms with Crippen LogP contribution in [0.25, 0.3) is 0 Å². The van der Waals surface area contributed by atoms with Crippen molar-refractivity contribution in [1.82, 2.24) is 4.90 Å². The van der Waals surface area contributed by atoms with Gasteiger partial charge >= 0.3 is 0 Å². The van der Waals surface area contributed by atoms with Crippen LogP contribution in [0.2, 0.25) is 0 Å². The van der Waals surface area contributed by atoms with E-state index in [9.17, 15) is 4.79 Å². The van der Waals surface area contributed by atoms with Gasteiger partial charge in [-0.15, -0.1) is 6.58 Å². The summed E-state index contributed by atoms with van der Waals surface area (Å²) in [5.74, 6) is 0.332. The Bertz CT molecular complexity index is 470. The Morgan fingerprint density at radius 2 is 2.45 bits per heavy atom. The lowest BCUT2D eigenvalue weighted by molar-refractivity contribution is -0.100. The second kappa shape index (κ2) is 5.81. The van der Waals surface area contributed by atoms with E-state index in [4.69, 9.17) is 13.9 Å². The average molecular weight is 277 g/mol. The highest BCUT2D eigenvalue weighted by atomic mass is 16.5. The zero-order valence-corrected chi connectivity index (χ0v) is 11.4. The maximum absolute atomic E-state index is 12.4. The van der Waals surface area contributed by atoms with Gasteiger partial charge in [0.05, 0.1) is 31.6 Å². The van der Waals surface area contributed by atoms with Crippen molar-refractivity contribution in [3.63, 3.8) is 0 Å². The number of fused-ring (bicyclic) bond motifs is 1. The molecule has 108 valence electrons. The second-order valence-corrected chi connectivity index (χ2v) is 5.12. The number of rotatable bonds is 4. The number of furan rings is 1. The topological polar surface area (TPSA) is 51.9 Å². The summed E-state index contributed by atoms with van der Waals surface area (Å²) in [6.07, 6.45) is 5.08. The van der Waals surface area contributed by atoms with Crippen LogP contribution >= 0.6 is 0 Å². The van der Waals surface area contributed by atoms with Crippen LogP contribution in [0.3, 0.4) is 0 Å². The number of carbonyl (C=O) groups is 1. The molecule has 2 aliphatic rings. The minimum absolute atomic E-state index is 0.0392. The molecule has 0 unspecified atom stereocenters. The third kappa shape index (κ3) is 2.39. The monoisotopic (exact) mass is 277 g/mol. The fourth-order valence-corrected chi connectivity index (χ4v) is 3.08. The number of amides is 1. The van der Waals surface area contributed by atoms with Crippen LogP contribution in [-0.4, -0.2) is 48.8 Å². The Morgan fingerprint density at radius 3 is 3.20 bits per heavy atom. The number of hydrogen-bond donors (Lipinski definition) is 0. The van der Waals surface area contributed by atoms with E-state index in [-0.39, 0.29) is 24.2 Å². The average Bonchev–Trinajstić information content (AvgIpc) is 3.13. The largest absolute Gasteiger partial charge is 0.459 e. The molecule has 0 spiro atoms. The minimum Gasteiger partial charge on any atom is -0.459 e. The van der Waals surface area contributed by atoms with Gasteiger partial charge in [-0.3, -0.25) is 4.79 Å². The molecular weight excluding hydrogens is 258 g/mol. The van der Waals surface area contributed by atoms with Crippen LogP contribution in [0.1, 0.15) is 23.4 Å². The molecule has 0 aromatic carbocycles. The summed E-state index contributed by atoms with van der Waals surface area (Å²) in [5.41, 5.74) is 0. The van der Waals surface area contributed by atoms with Crippen LogP contribution in [-0.2, 0) is 9.47 Å². The highest BCUT2D eigenvalue weighted by molar-refractivity contribution is 5.91. The van der Waals surface area contributed by atoms with Crippen molar-refractivity contribution in [2.45, 2.75) is 31.1 Å². The maximum Gasteiger partial charge on any atom is 0.289 e. The van der Waals surface area contributed by atoms with Crippen LogP contribution < -0.4 is 0 Å². The molecule has 2 heterocycles. The van der Waals surface area contributed by atoms with Gasteiger partial charge in [0, 0.05) is 6.54 Å². The summed E-state index contributed by atoms with van der Waals surface area (Å²) in [6.45, 7) is 5.33. The molecule has 0 N–H and O–H groups in total. The Kier molecular flexibility index (Phi) is 3.89. The van der Waals surface area contributed by atoms with Crippen LogP contribution in [0.4, 0.5) is 0 Å². The van der Waals surface area contributed by atoms with E-state index < -0.39 is 0 Å². The summed E-state index contributed by atoms with van der Waals surface area (Å²) in [4.78, 5) is 14.3. The predicted molar refractivity (Wildman–Crippen MR) is 72.4 cm³/mol. The first-order valence-corrected chi connectivity index (χ1v) is 7.00. The maximum atomic E-state index is 12.4.